The minimum atomic E-state index is 0.0546. The first-order valence-electron chi connectivity index (χ1n) is 6.03. The molecule has 2 rings (SSSR count). The molecule has 2 N–H and O–H groups in total. The van der Waals surface area contributed by atoms with E-state index in [1.54, 1.807) is 24.3 Å². The SMILES string of the molecule is CC1CN(C(=O)COc2ccc(N)cc2)CCS1. The molecule has 0 radical (unpaired) electrons. The first-order valence-corrected chi connectivity index (χ1v) is 7.08. The van der Waals surface area contributed by atoms with Crippen LogP contribution in [0.4, 0.5) is 5.69 Å². The van der Waals surface area contributed by atoms with Gasteiger partial charge in [-0.05, 0) is 24.3 Å². The second-order valence-corrected chi connectivity index (χ2v) is 5.93. The summed E-state index contributed by atoms with van der Waals surface area (Å²) in [4.78, 5) is 13.8. The lowest BCUT2D eigenvalue weighted by Gasteiger charge is -2.30. The molecule has 0 aliphatic carbocycles. The molecular weight excluding hydrogens is 248 g/mol. The number of ether oxygens (including phenoxy) is 1. The maximum Gasteiger partial charge on any atom is 0.260 e. The van der Waals surface area contributed by atoms with E-state index in [4.69, 9.17) is 10.5 Å². The molecule has 1 aromatic carbocycles. The first-order chi connectivity index (χ1) is 8.65. The van der Waals surface area contributed by atoms with Gasteiger partial charge in [0.2, 0.25) is 0 Å². The third kappa shape index (κ3) is 3.57. The van der Waals surface area contributed by atoms with Gasteiger partial charge in [0.1, 0.15) is 5.75 Å². The molecule has 1 aromatic rings. The van der Waals surface area contributed by atoms with Gasteiger partial charge in [0.25, 0.3) is 5.91 Å². The minimum Gasteiger partial charge on any atom is -0.484 e. The number of benzene rings is 1. The quantitative estimate of drug-likeness (QED) is 0.845. The van der Waals surface area contributed by atoms with E-state index in [1.807, 2.05) is 16.7 Å². The summed E-state index contributed by atoms with van der Waals surface area (Å²) in [6.45, 7) is 3.87. The largest absolute Gasteiger partial charge is 0.484 e. The fourth-order valence-corrected chi connectivity index (χ4v) is 2.86. The Morgan fingerprint density at radius 3 is 2.89 bits per heavy atom. The van der Waals surface area contributed by atoms with Crippen LogP contribution in [0.5, 0.6) is 5.75 Å². The number of nitrogen functional groups attached to an aromatic ring is 1. The summed E-state index contributed by atoms with van der Waals surface area (Å²) in [6, 6.07) is 7.08. The zero-order chi connectivity index (χ0) is 13.0. The normalized spacial score (nSPS) is 19.6. The van der Waals surface area contributed by atoms with E-state index < -0.39 is 0 Å². The Labute approximate surface area is 111 Å². The third-order valence-corrected chi connectivity index (χ3v) is 3.97. The summed E-state index contributed by atoms with van der Waals surface area (Å²) in [7, 11) is 0. The third-order valence-electron chi connectivity index (χ3n) is 2.84. The molecule has 5 heteroatoms. The highest BCUT2D eigenvalue weighted by Crippen LogP contribution is 2.18. The van der Waals surface area contributed by atoms with Gasteiger partial charge >= 0.3 is 0 Å². The Morgan fingerprint density at radius 2 is 2.22 bits per heavy atom. The van der Waals surface area contributed by atoms with Gasteiger partial charge in [-0.2, -0.15) is 11.8 Å². The average molecular weight is 266 g/mol. The van der Waals surface area contributed by atoms with Crippen LogP contribution in [0.2, 0.25) is 0 Å². The summed E-state index contributed by atoms with van der Waals surface area (Å²) < 4.78 is 5.46. The standard InChI is InChI=1S/C13H18N2O2S/c1-10-8-15(6-7-18-10)13(16)9-17-12-4-2-11(14)3-5-12/h2-5,10H,6-9,14H2,1H3. The lowest BCUT2D eigenvalue weighted by Crippen LogP contribution is -2.43. The van der Waals surface area contributed by atoms with E-state index in [0.717, 1.165) is 18.8 Å². The number of carbonyl (C=O) groups excluding carboxylic acids is 1. The van der Waals surface area contributed by atoms with E-state index in [-0.39, 0.29) is 12.5 Å². The fraction of sp³-hybridized carbons (Fsp3) is 0.462. The van der Waals surface area contributed by atoms with Crippen LogP contribution in [0.15, 0.2) is 24.3 Å². The number of carbonyl (C=O) groups is 1. The van der Waals surface area contributed by atoms with Gasteiger partial charge in [0.05, 0.1) is 0 Å². The molecular formula is C13H18N2O2S. The highest BCUT2D eigenvalue weighted by molar-refractivity contribution is 7.99. The van der Waals surface area contributed by atoms with Crippen LogP contribution in [0.1, 0.15) is 6.92 Å². The smallest absolute Gasteiger partial charge is 0.260 e. The second kappa shape index (κ2) is 6.00. The molecule has 1 amide bonds. The zero-order valence-electron chi connectivity index (χ0n) is 10.5. The number of amides is 1. The van der Waals surface area contributed by atoms with Crippen LogP contribution in [-0.4, -0.2) is 41.5 Å². The number of rotatable bonds is 3. The number of nitrogens with two attached hydrogens (primary N) is 1. The second-order valence-electron chi connectivity index (χ2n) is 4.38. The molecule has 1 fully saturated rings. The number of nitrogens with zero attached hydrogens (tertiary/aromatic N) is 1. The Bertz CT molecular complexity index is 408. The highest BCUT2D eigenvalue weighted by Gasteiger charge is 2.21. The molecule has 0 saturated carbocycles. The number of hydrogen-bond donors (Lipinski definition) is 1. The molecule has 98 valence electrons. The van der Waals surface area contributed by atoms with Crippen molar-refractivity contribution in [3.63, 3.8) is 0 Å². The molecule has 18 heavy (non-hydrogen) atoms. The molecule has 4 nitrogen and oxygen atoms in total. The molecule has 0 bridgehead atoms. The summed E-state index contributed by atoms with van der Waals surface area (Å²) in [5, 5.41) is 0.513. The summed E-state index contributed by atoms with van der Waals surface area (Å²) in [5.74, 6) is 1.74. The molecule has 0 aromatic heterocycles. The van der Waals surface area contributed by atoms with Crippen LogP contribution in [0.3, 0.4) is 0 Å². The molecule has 1 atom stereocenters. The first kappa shape index (κ1) is 13.1. The molecule has 1 heterocycles. The van der Waals surface area contributed by atoms with Crippen molar-refractivity contribution >= 4 is 23.4 Å². The molecule has 1 aliphatic heterocycles. The van der Waals surface area contributed by atoms with Gasteiger partial charge in [-0.1, -0.05) is 6.92 Å². The Hall–Kier alpha value is -1.36. The predicted octanol–water partition coefficient (Wildman–Crippen LogP) is 1.61. The number of hydrogen-bond acceptors (Lipinski definition) is 4. The van der Waals surface area contributed by atoms with E-state index in [2.05, 4.69) is 6.92 Å². The van der Waals surface area contributed by atoms with Crippen LogP contribution in [0.25, 0.3) is 0 Å². The summed E-state index contributed by atoms with van der Waals surface area (Å²) >= 11 is 1.91. The van der Waals surface area contributed by atoms with Crippen molar-refractivity contribution in [1.82, 2.24) is 4.90 Å². The van der Waals surface area contributed by atoms with Gasteiger partial charge in [0, 0.05) is 29.8 Å². The van der Waals surface area contributed by atoms with E-state index >= 15 is 0 Å². The monoisotopic (exact) mass is 266 g/mol. The van der Waals surface area contributed by atoms with E-state index in [9.17, 15) is 4.79 Å². The zero-order valence-corrected chi connectivity index (χ0v) is 11.3. The van der Waals surface area contributed by atoms with E-state index in [0.29, 0.717) is 16.7 Å². The molecule has 0 spiro atoms. The summed E-state index contributed by atoms with van der Waals surface area (Å²) in [6.07, 6.45) is 0. The van der Waals surface area contributed by atoms with Crippen molar-refractivity contribution < 1.29 is 9.53 Å². The van der Waals surface area contributed by atoms with Gasteiger partial charge in [-0.3, -0.25) is 4.79 Å². The molecule has 1 unspecified atom stereocenters. The maximum absolute atomic E-state index is 12.0. The van der Waals surface area contributed by atoms with Gasteiger partial charge in [-0.15, -0.1) is 0 Å². The Balaban J connectivity index is 1.82. The highest BCUT2D eigenvalue weighted by atomic mass is 32.2. The fourth-order valence-electron chi connectivity index (χ4n) is 1.85. The van der Waals surface area contributed by atoms with Crippen molar-refractivity contribution in [2.24, 2.45) is 0 Å². The van der Waals surface area contributed by atoms with Crippen LogP contribution in [0, 0.1) is 0 Å². The number of anilines is 1. The van der Waals surface area contributed by atoms with E-state index in [1.165, 1.54) is 0 Å². The van der Waals surface area contributed by atoms with Crippen LogP contribution in [-0.2, 0) is 4.79 Å². The minimum absolute atomic E-state index is 0.0546. The number of thioether (sulfide) groups is 1. The topological polar surface area (TPSA) is 55.6 Å². The maximum atomic E-state index is 12.0. The van der Waals surface area contributed by atoms with Crippen LogP contribution >= 0.6 is 11.8 Å². The summed E-state index contributed by atoms with van der Waals surface area (Å²) in [5.41, 5.74) is 6.27. The van der Waals surface area contributed by atoms with Crippen molar-refractivity contribution in [2.75, 3.05) is 31.2 Å². The Kier molecular flexibility index (Phi) is 4.36. The predicted molar refractivity (Wildman–Crippen MR) is 74.8 cm³/mol. The van der Waals surface area contributed by atoms with Crippen molar-refractivity contribution in [1.29, 1.82) is 0 Å². The van der Waals surface area contributed by atoms with Gasteiger partial charge < -0.3 is 15.4 Å². The molecule has 1 saturated heterocycles. The van der Waals surface area contributed by atoms with Crippen molar-refractivity contribution in [3.8, 4) is 5.75 Å². The van der Waals surface area contributed by atoms with Gasteiger partial charge in [0.15, 0.2) is 6.61 Å². The van der Waals surface area contributed by atoms with Crippen molar-refractivity contribution in [3.05, 3.63) is 24.3 Å². The van der Waals surface area contributed by atoms with Crippen molar-refractivity contribution in [2.45, 2.75) is 12.2 Å². The molecule has 1 aliphatic rings. The van der Waals surface area contributed by atoms with Gasteiger partial charge in [-0.25, -0.2) is 0 Å². The Morgan fingerprint density at radius 1 is 1.50 bits per heavy atom. The average Bonchev–Trinajstić information content (AvgIpc) is 2.38. The van der Waals surface area contributed by atoms with Crippen LogP contribution < -0.4 is 10.5 Å². The lowest BCUT2D eigenvalue weighted by atomic mass is 10.3. The lowest BCUT2D eigenvalue weighted by molar-refractivity contribution is -0.133.